The van der Waals surface area contributed by atoms with Crippen LogP contribution in [0.1, 0.15) is 20.8 Å². The Balaban J connectivity index is 2.03. The normalized spacial score (nSPS) is 23.2. The minimum atomic E-state index is -0.225. The van der Waals surface area contributed by atoms with Gasteiger partial charge in [-0.1, -0.05) is 0 Å². The highest BCUT2D eigenvalue weighted by Gasteiger charge is 2.29. The van der Waals surface area contributed by atoms with Crippen LogP contribution in [-0.2, 0) is 9.53 Å². The molecular weight excluding hydrogens is 296 g/mol. The van der Waals surface area contributed by atoms with Crippen molar-refractivity contribution in [3.05, 3.63) is 18.2 Å². The smallest absolute Gasteiger partial charge is 0.241 e. The highest BCUT2D eigenvalue weighted by atomic mass is 16.5. The Morgan fingerprint density at radius 2 is 1.83 bits per heavy atom. The molecule has 2 rings (SSSR count). The summed E-state index contributed by atoms with van der Waals surface area (Å²) in [7, 11) is 3.15. The molecule has 0 aromatic heterocycles. The summed E-state index contributed by atoms with van der Waals surface area (Å²) in [5.41, 5.74) is 0.689. The van der Waals surface area contributed by atoms with E-state index in [1.807, 2.05) is 20.8 Å². The molecule has 3 atom stereocenters. The van der Waals surface area contributed by atoms with Gasteiger partial charge in [0.2, 0.25) is 5.91 Å². The second-order valence-electron chi connectivity index (χ2n) is 5.95. The van der Waals surface area contributed by atoms with E-state index in [1.54, 1.807) is 32.4 Å². The average Bonchev–Trinajstić information content (AvgIpc) is 2.52. The van der Waals surface area contributed by atoms with Crippen molar-refractivity contribution in [3.8, 4) is 11.5 Å². The number of anilines is 1. The lowest BCUT2D eigenvalue weighted by Gasteiger charge is -2.38. The topological polar surface area (TPSA) is 60.0 Å². The van der Waals surface area contributed by atoms with Gasteiger partial charge in [0.1, 0.15) is 0 Å². The third kappa shape index (κ3) is 4.36. The number of carbonyl (C=O) groups excluding carboxylic acids is 1. The number of rotatable bonds is 5. The van der Waals surface area contributed by atoms with Gasteiger partial charge >= 0.3 is 0 Å². The summed E-state index contributed by atoms with van der Waals surface area (Å²) in [6.45, 7) is 7.49. The number of nitrogens with one attached hydrogen (secondary N) is 1. The van der Waals surface area contributed by atoms with Crippen molar-refractivity contribution < 1.29 is 19.0 Å². The van der Waals surface area contributed by atoms with Gasteiger partial charge in [0, 0.05) is 24.8 Å². The van der Waals surface area contributed by atoms with Crippen LogP contribution in [0.25, 0.3) is 0 Å². The molecule has 6 heteroatoms. The zero-order valence-corrected chi connectivity index (χ0v) is 14.5. The molecule has 1 fully saturated rings. The second kappa shape index (κ2) is 7.66. The van der Waals surface area contributed by atoms with Gasteiger partial charge in [0.25, 0.3) is 0 Å². The van der Waals surface area contributed by atoms with Gasteiger partial charge < -0.3 is 19.5 Å². The van der Waals surface area contributed by atoms with Crippen molar-refractivity contribution in [2.24, 2.45) is 0 Å². The van der Waals surface area contributed by atoms with Gasteiger partial charge in [-0.15, -0.1) is 0 Å². The average molecular weight is 322 g/mol. The van der Waals surface area contributed by atoms with Gasteiger partial charge in [0.15, 0.2) is 11.5 Å². The first-order valence-electron chi connectivity index (χ1n) is 7.87. The third-order valence-corrected chi connectivity index (χ3v) is 4.03. The third-order valence-electron chi connectivity index (χ3n) is 4.03. The lowest BCUT2D eigenvalue weighted by molar-refractivity contribution is -0.126. The van der Waals surface area contributed by atoms with Crippen molar-refractivity contribution in [1.82, 2.24) is 4.90 Å². The van der Waals surface area contributed by atoms with Crippen molar-refractivity contribution >= 4 is 11.6 Å². The number of methoxy groups -OCH3 is 2. The van der Waals surface area contributed by atoms with E-state index < -0.39 is 0 Å². The first-order chi connectivity index (χ1) is 10.9. The van der Waals surface area contributed by atoms with Gasteiger partial charge in [-0.25, -0.2) is 0 Å². The predicted octanol–water partition coefficient (Wildman–Crippen LogP) is 2.14. The molecule has 1 saturated heterocycles. The van der Waals surface area contributed by atoms with E-state index >= 15 is 0 Å². The maximum Gasteiger partial charge on any atom is 0.241 e. The molecule has 128 valence electrons. The van der Waals surface area contributed by atoms with Crippen molar-refractivity contribution in [3.63, 3.8) is 0 Å². The summed E-state index contributed by atoms with van der Waals surface area (Å²) in [4.78, 5) is 14.7. The molecule has 23 heavy (non-hydrogen) atoms. The number of nitrogens with zero attached hydrogens (tertiary/aromatic N) is 1. The molecule has 0 unspecified atom stereocenters. The Morgan fingerprint density at radius 1 is 1.22 bits per heavy atom. The highest BCUT2D eigenvalue weighted by molar-refractivity contribution is 5.94. The van der Waals surface area contributed by atoms with Crippen LogP contribution < -0.4 is 14.8 Å². The Hall–Kier alpha value is -1.79. The molecule has 1 aromatic carbocycles. The molecule has 0 spiro atoms. The first-order valence-corrected chi connectivity index (χ1v) is 7.87. The monoisotopic (exact) mass is 322 g/mol. The molecule has 0 aliphatic carbocycles. The fraction of sp³-hybridized carbons (Fsp3) is 0.588. The maximum absolute atomic E-state index is 12.5. The molecule has 0 saturated carbocycles. The number of benzene rings is 1. The second-order valence-corrected chi connectivity index (χ2v) is 5.95. The van der Waals surface area contributed by atoms with Gasteiger partial charge in [-0.05, 0) is 32.9 Å². The van der Waals surface area contributed by atoms with E-state index in [0.717, 1.165) is 13.1 Å². The minimum absolute atomic E-state index is 0.0430. The predicted molar refractivity (Wildman–Crippen MR) is 89.2 cm³/mol. The summed E-state index contributed by atoms with van der Waals surface area (Å²) >= 11 is 0. The number of morpholine rings is 1. The lowest BCUT2D eigenvalue weighted by Crippen LogP contribution is -2.52. The summed E-state index contributed by atoms with van der Waals surface area (Å²) in [5, 5.41) is 2.94. The first kappa shape index (κ1) is 17.6. The van der Waals surface area contributed by atoms with Crippen molar-refractivity contribution in [1.29, 1.82) is 0 Å². The molecule has 1 amide bonds. The molecule has 1 aliphatic rings. The van der Waals surface area contributed by atoms with Crippen LogP contribution in [0.3, 0.4) is 0 Å². The van der Waals surface area contributed by atoms with Crippen LogP contribution in [0, 0.1) is 0 Å². The van der Waals surface area contributed by atoms with Crippen molar-refractivity contribution in [2.75, 3.05) is 32.6 Å². The quantitative estimate of drug-likeness (QED) is 0.900. The summed E-state index contributed by atoms with van der Waals surface area (Å²) in [6.07, 6.45) is 0.269. The van der Waals surface area contributed by atoms with Crippen LogP contribution >= 0.6 is 0 Å². The highest BCUT2D eigenvalue weighted by Crippen LogP contribution is 2.29. The van der Waals surface area contributed by atoms with Gasteiger partial charge in [-0.2, -0.15) is 0 Å². The fourth-order valence-electron chi connectivity index (χ4n) is 2.86. The van der Waals surface area contributed by atoms with E-state index in [4.69, 9.17) is 14.2 Å². The molecule has 0 bridgehead atoms. The van der Waals surface area contributed by atoms with Gasteiger partial charge in [-0.3, -0.25) is 9.69 Å². The standard InChI is InChI=1S/C17H26N2O4/c1-11-9-19(10-12(2)23-11)13(3)17(20)18-14-6-7-15(21-4)16(8-14)22-5/h6-8,11-13H,9-10H2,1-5H3,(H,18,20)/t11-,12+,13-/m1/s1. The number of amides is 1. The Kier molecular flexibility index (Phi) is 5.85. The lowest BCUT2D eigenvalue weighted by atomic mass is 10.1. The van der Waals surface area contributed by atoms with Crippen LogP contribution in [0.15, 0.2) is 18.2 Å². The zero-order chi connectivity index (χ0) is 17.0. The number of ether oxygens (including phenoxy) is 3. The molecular formula is C17H26N2O4. The minimum Gasteiger partial charge on any atom is -0.493 e. The van der Waals surface area contributed by atoms with E-state index in [2.05, 4.69) is 10.2 Å². The molecule has 1 N–H and O–H groups in total. The van der Waals surface area contributed by atoms with Crippen LogP contribution in [0.4, 0.5) is 5.69 Å². The summed E-state index contributed by atoms with van der Waals surface area (Å²) in [6, 6.07) is 5.11. The van der Waals surface area contributed by atoms with Crippen LogP contribution in [-0.4, -0.2) is 56.4 Å². The Bertz CT molecular complexity index is 539. The van der Waals surface area contributed by atoms with Crippen LogP contribution in [0.5, 0.6) is 11.5 Å². The maximum atomic E-state index is 12.5. The van der Waals surface area contributed by atoms with E-state index in [-0.39, 0.29) is 24.2 Å². The van der Waals surface area contributed by atoms with E-state index in [9.17, 15) is 4.79 Å². The van der Waals surface area contributed by atoms with E-state index in [0.29, 0.717) is 17.2 Å². The largest absolute Gasteiger partial charge is 0.493 e. The Labute approximate surface area is 137 Å². The fourth-order valence-corrected chi connectivity index (χ4v) is 2.86. The Morgan fingerprint density at radius 3 is 2.39 bits per heavy atom. The number of hydrogen-bond donors (Lipinski definition) is 1. The van der Waals surface area contributed by atoms with Gasteiger partial charge in [0.05, 0.1) is 32.5 Å². The molecule has 1 aromatic rings. The van der Waals surface area contributed by atoms with Crippen molar-refractivity contribution in [2.45, 2.75) is 39.0 Å². The summed E-state index contributed by atoms with van der Waals surface area (Å²) in [5.74, 6) is 1.18. The molecule has 0 radical (unpaired) electrons. The molecule has 1 heterocycles. The zero-order valence-electron chi connectivity index (χ0n) is 14.5. The molecule has 6 nitrogen and oxygen atoms in total. The van der Waals surface area contributed by atoms with Crippen LogP contribution in [0.2, 0.25) is 0 Å². The SMILES string of the molecule is COc1ccc(NC(=O)[C@@H](C)N2C[C@@H](C)O[C@@H](C)C2)cc1OC. The van der Waals surface area contributed by atoms with E-state index in [1.165, 1.54) is 0 Å². The summed E-state index contributed by atoms with van der Waals surface area (Å²) < 4.78 is 16.2. The number of hydrogen-bond acceptors (Lipinski definition) is 5. The number of carbonyl (C=O) groups is 1. The molecule has 1 aliphatic heterocycles.